The molecule has 0 fully saturated rings. The lowest BCUT2D eigenvalue weighted by atomic mass is 10.1. The fourth-order valence-corrected chi connectivity index (χ4v) is 4.05. The molecule has 26 heavy (non-hydrogen) atoms. The molecule has 0 unspecified atom stereocenters. The van der Waals surface area contributed by atoms with Crippen LogP contribution in [0.2, 0.25) is 0 Å². The molecule has 2 nitrogen and oxygen atoms in total. The van der Waals surface area contributed by atoms with Gasteiger partial charge in [-0.2, -0.15) is 0 Å². The first-order valence-electron chi connectivity index (χ1n) is 9.77. The van der Waals surface area contributed by atoms with Gasteiger partial charge < -0.3 is 10.1 Å². The van der Waals surface area contributed by atoms with Gasteiger partial charge in [0.05, 0.1) is 6.61 Å². The van der Waals surface area contributed by atoms with Crippen molar-refractivity contribution in [1.82, 2.24) is 5.32 Å². The van der Waals surface area contributed by atoms with E-state index in [0.717, 1.165) is 38.3 Å². The average molecular weight is 368 g/mol. The molecule has 0 spiro atoms. The molecule has 0 atom stereocenters. The maximum atomic E-state index is 6.05. The number of fused-ring (bicyclic) bond motifs is 1. The van der Waals surface area contributed by atoms with Crippen molar-refractivity contribution in [2.24, 2.45) is 0 Å². The van der Waals surface area contributed by atoms with E-state index in [0.29, 0.717) is 0 Å². The number of nitrogens with one attached hydrogen (secondary N) is 1. The van der Waals surface area contributed by atoms with Crippen molar-refractivity contribution in [3.8, 4) is 16.2 Å². The molecule has 0 radical (unpaired) electrons. The maximum Gasteiger partial charge on any atom is 0.123 e. The van der Waals surface area contributed by atoms with Crippen LogP contribution in [0.4, 0.5) is 0 Å². The van der Waals surface area contributed by atoms with E-state index in [2.05, 4.69) is 67.7 Å². The quantitative estimate of drug-likeness (QED) is 0.406. The topological polar surface area (TPSA) is 21.3 Å². The van der Waals surface area contributed by atoms with Crippen molar-refractivity contribution < 1.29 is 4.74 Å². The van der Waals surface area contributed by atoms with E-state index in [1.807, 2.05) is 11.3 Å². The second-order valence-electron chi connectivity index (χ2n) is 6.70. The average Bonchev–Trinajstić information content (AvgIpc) is 3.10. The van der Waals surface area contributed by atoms with Gasteiger partial charge >= 0.3 is 0 Å². The Hall–Kier alpha value is -1.84. The first-order chi connectivity index (χ1) is 12.8. The van der Waals surface area contributed by atoms with E-state index in [1.54, 1.807) is 0 Å². The highest BCUT2D eigenvalue weighted by Gasteiger charge is 2.09. The van der Waals surface area contributed by atoms with Crippen LogP contribution < -0.4 is 10.1 Å². The minimum atomic E-state index is 0.792. The van der Waals surface area contributed by atoms with Gasteiger partial charge in [-0.25, -0.2) is 0 Å². The SMILES string of the molecule is CCCCNCc1cc(-c2cc3ccccc3s2)ccc1OCCCC. The van der Waals surface area contributed by atoms with E-state index in [4.69, 9.17) is 4.74 Å². The Bertz CT molecular complexity index is 791. The fourth-order valence-electron chi connectivity index (χ4n) is 2.99. The van der Waals surface area contributed by atoms with Crippen molar-refractivity contribution in [3.63, 3.8) is 0 Å². The lowest BCUT2D eigenvalue weighted by Gasteiger charge is -2.13. The first-order valence-corrected chi connectivity index (χ1v) is 10.6. The molecular weight excluding hydrogens is 338 g/mol. The van der Waals surface area contributed by atoms with Crippen LogP contribution in [0, 0.1) is 0 Å². The summed E-state index contributed by atoms with van der Waals surface area (Å²) < 4.78 is 7.39. The molecule has 3 aromatic rings. The second kappa shape index (κ2) is 9.75. The van der Waals surface area contributed by atoms with Crippen molar-refractivity contribution in [2.75, 3.05) is 13.2 Å². The van der Waals surface area contributed by atoms with Crippen LogP contribution in [0.1, 0.15) is 45.1 Å². The zero-order chi connectivity index (χ0) is 18.2. The predicted octanol–water partition coefficient (Wildman–Crippen LogP) is 6.64. The Morgan fingerprint density at radius 3 is 2.62 bits per heavy atom. The molecule has 0 aliphatic carbocycles. The third-order valence-electron chi connectivity index (χ3n) is 4.55. The molecular formula is C23H29NOS. The third-order valence-corrected chi connectivity index (χ3v) is 5.71. The highest BCUT2D eigenvalue weighted by atomic mass is 32.1. The monoisotopic (exact) mass is 367 g/mol. The summed E-state index contributed by atoms with van der Waals surface area (Å²) in [4.78, 5) is 1.32. The summed E-state index contributed by atoms with van der Waals surface area (Å²) in [7, 11) is 0. The molecule has 1 N–H and O–H groups in total. The summed E-state index contributed by atoms with van der Waals surface area (Å²) in [6.07, 6.45) is 4.68. The van der Waals surface area contributed by atoms with E-state index in [1.165, 1.54) is 38.9 Å². The molecule has 1 aromatic heterocycles. The van der Waals surface area contributed by atoms with Gasteiger partial charge in [0.25, 0.3) is 0 Å². The molecule has 1 heterocycles. The van der Waals surface area contributed by atoms with Gasteiger partial charge in [-0.3, -0.25) is 0 Å². The standard InChI is InChI=1S/C23H29NOS/c1-3-5-13-24-17-20-15-19(11-12-21(20)25-14-6-4-2)23-16-18-9-7-8-10-22(18)26-23/h7-12,15-16,24H,3-6,13-14,17H2,1-2H3. The van der Waals surface area contributed by atoms with Gasteiger partial charge in [-0.1, -0.05) is 44.9 Å². The van der Waals surface area contributed by atoms with E-state index in [-0.39, 0.29) is 0 Å². The van der Waals surface area contributed by atoms with E-state index in [9.17, 15) is 0 Å². The van der Waals surface area contributed by atoms with E-state index >= 15 is 0 Å². The van der Waals surface area contributed by atoms with Crippen LogP contribution in [0.5, 0.6) is 5.75 Å². The van der Waals surface area contributed by atoms with Gasteiger partial charge in [-0.15, -0.1) is 11.3 Å². The summed E-state index contributed by atoms with van der Waals surface area (Å²) in [5, 5.41) is 4.88. The number of hydrogen-bond donors (Lipinski definition) is 1. The van der Waals surface area contributed by atoms with Crippen LogP contribution in [0.25, 0.3) is 20.5 Å². The minimum absolute atomic E-state index is 0.792. The molecule has 0 amide bonds. The lowest BCUT2D eigenvalue weighted by molar-refractivity contribution is 0.305. The summed E-state index contributed by atoms with van der Waals surface area (Å²) in [6.45, 7) is 7.13. The minimum Gasteiger partial charge on any atom is -0.493 e. The molecule has 3 heteroatoms. The smallest absolute Gasteiger partial charge is 0.123 e. The molecule has 3 rings (SSSR count). The molecule has 138 valence electrons. The Morgan fingerprint density at radius 1 is 0.962 bits per heavy atom. The van der Waals surface area contributed by atoms with Crippen LogP contribution >= 0.6 is 11.3 Å². The Kier molecular flexibility index (Phi) is 7.10. The molecule has 2 aromatic carbocycles. The second-order valence-corrected chi connectivity index (χ2v) is 7.79. The number of unbranched alkanes of at least 4 members (excludes halogenated alkanes) is 2. The first kappa shape index (κ1) is 18.9. The third kappa shape index (κ3) is 4.87. The Morgan fingerprint density at radius 2 is 1.81 bits per heavy atom. The highest BCUT2D eigenvalue weighted by Crippen LogP contribution is 2.35. The molecule has 0 saturated carbocycles. The molecule has 0 aliphatic rings. The van der Waals surface area contributed by atoms with Crippen molar-refractivity contribution in [3.05, 3.63) is 54.1 Å². The Balaban J connectivity index is 1.83. The summed E-state index contributed by atoms with van der Waals surface area (Å²) in [5.74, 6) is 1.02. The number of ether oxygens (including phenoxy) is 1. The maximum absolute atomic E-state index is 6.05. The fraction of sp³-hybridized carbons (Fsp3) is 0.391. The molecule has 0 aliphatic heterocycles. The highest BCUT2D eigenvalue weighted by molar-refractivity contribution is 7.22. The summed E-state index contributed by atoms with van der Waals surface area (Å²) in [6, 6.07) is 17.5. The van der Waals surface area contributed by atoms with Crippen LogP contribution in [-0.2, 0) is 6.54 Å². The lowest BCUT2D eigenvalue weighted by Crippen LogP contribution is -2.15. The van der Waals surface area contributed by atoms with Gasteiger partial charge in [0.1, 0.15) is 5.75 Å². The van der Waals surface area contributed by atoms with Crippen molar-refractivity contribution >= 4 is 21.4 Å². The molecule has 0 saturated heterocycles. The predicted molar refractivity (Wildman–Crippen MR) is 114 cm³/mol. The van der Waals surface area contributed by atoms with E-state index < -0.39 is 0 Å². The summed E-state index contributed by atoms with van der Waals surface area (Å²) >= 11 is 1.86. The zero-order valence-corrected chi connectivity index (χ0v) is 16.7. The molecule has 0 bridgehead atoms. The van der Waals surface area contributed by atoms with Gasteiger partial charge in [0.2, 0.25) is 0 Å². The van der Waals surface area contributed by atoms with Crippen LogP contribution in [0.3, 0.4) is 0 Å². The number of rotatable bonds is 10. The normalized spacial score (nSPS) is 11.2. The van der Waals surface area contributed by atoms with Gasteiger partial charge in [0, 0.05) is 21.7 Å². The number of hydrogen-bond acceptors (Lipinski definition) is 3. The van der Waals surface area contributed by atoms with Crippen molar-refractivity contribution in [2.45, 2.75) is 46.1 Å². The number of thiophene rings is 1. The van der Waals surface area contributed by atoms with Gasteiger partial charge in [-0.05, 0) is 60.7 Å². The largest absolute Gasteiger partial charge is 0.493 e. The number of benzene rings is 2. The van der Waals surface area contributed by atoms with Gasteiger partial charge in [0.15, 0.2) is 0 Å². The van der Waals surface area contributed by atoms with Crippen molar-refractivity contribution in [1.29, 1.82) is 0 Å². The Labute approximate surface area is 161 Å². The zero-order valence-electron chi connectivity index (χ0n) is 15.9. The van der Waals surface area contributed by atoms with Crippen LogP contribution in [0.15, 0.2) is 48.5 Å². The summed E-state index contributed by atoms with van der Waals surface area (Å²) in [5.41, 5.74) is 2.54. The van der Waals surface area contributed by atoms with Crippen LogP contribution in [-0.4, -0.2) is 13.2 Å².